The molecular formula is C12H23NO2. The minimum Gasteiger partial charge on any atom is -0.393 e. The first-order valence-electron chi connectivity index (χ1n) is 6.33. The zero-order valence-electron chi connectivity index (χ0n) is 9.69. The number of nitrogens with zero attached hydrogens (tertiary/aromatic N) is 1. The summed E-state index contributed by atoms with van der Waals surface area (Å²) in [5.41, 5.74) is 0. The standard InChI is InChI=1S/C12H23NO2/c1-2-15-12-4-3-7-13(9-12)10-5-6-11(14)8-10/h10-12,14H,2-9H2,1H3. The van der Waals surface area contributed by atoms with Gasteiger partial charge in [0.2, 0.25) is 0 Å². The van der Waals surface area contributed by atoms with Gasteiger partial charge in [-0.05, 0) is 45.6 Å². The van der Waals surface area contributed by atoms with Crippen LogP contribution in [0.5, 0.6) is 0 Å². The summed E-state index contributed by atoms with van der Waals surface area (Å²) < 4.78 is 5.70. The van der Waals surface area contributed by atoms with Crippen LogP contribution in [0.4, 0.5) is 0 Å². The number of piperidine rings is 1. The summed E-state index contributed by atoms with van der Waals surface area (Å²) in [6.45, 7) is 5.16. The van der Waals surface area contributed by atoms with Crippen molar-refractivity contribution in [3.8, 4) is 0 Å². The van der Waals surface area contributed by atoms with Crippen LogP contribution in [0.2, 0.25) is 0 Å². The van der Waals surface area contributed by atoms with Crippen molar-refractivity contribution in [3.63, 3.8) is 0 Å². The lowest BCUT2D eigenvalue weighted by Crippen LogP contribution is -2.44. The predicted octanol–water partition coefficient (Wildman–Crippen LogP) is 1.40. The van der Waals surface area contributed by atoms with E-state index in [0.717, 1.165) is 26.0 Å². The minimum atomic E-state index is -0.0533. The molecule has 0 aromatic rings. The SMILES string of the molecule is CCOC1CCCN(C2CCC(O)C2)C1. The third-order valence-electron chi connectivity index (χ3n) is 3.71. The van der Waals surface area contributed by atoms with Crippen molar-refractivity contribution in [1.82, 2.24) is 4.90 Å². The first-order valence-corrected chi connectivity index (χ1v) is 6.33. The second-order valence-corrected chi connectivity index (χ2v) is 4.84. The van der Waals surface area contributed by atoms with Crippen molar-refractivity contribution in [2.75, 3.05) is 19.7 Å². The van der Waals surface area contributed by atoms with E-state index >= 15 is 0 Å². The Morgan fingerprint density at radius 3 is 2.87 bits per heavy atom. The molecule has 1 heterocycles. The minimum absolute atomic E-state index is 0.0533. The largest absolute Gasteiger partial charge is 0.393 e. The predicted molar refractivity (Wildman–Crippen MR) is 59.9 cm³/mol. The molecule has 0 aromatic heterocycles. The third kappa shape index (κ3) is 2.92. The fourth-order valence-electron chi connectivity index (χ4n) is 2.94. The van der Waals surface area contributed by atoms with Gasteiger partial charge in [0, 0.05) is 19.2 Å². The molecule has 1 saturated heterocycles. The van der Waals surface area contributed by atoms with Crippen LogP contribution < -0.4 is 0 Å². The Kier molecular flexibility index (Phi) is 4.00. The van der Waals surface area contributed by atoms with Crippen molar-refractivity contribution in [3.05, 3.63) is 0 Å². The number of hydrogen-bond donors (Lipinski definition) is 1. The Balaban J connectivity index is 1.81. The van der Waals surface area contributed by atoms with Gasteiger partial charge in [-0.15, -0.1) is 0 Å². The summed E-state index contributed by atoms with van der Waals surface area (Å²) in [6.07, 6.45) is 5.96. The molecule has 0 radical (unpaired) electrons. The van der Waals surface area contributed by atoms with E-state index in [-0.39, 0.29) is 6.10 Å². The zero-order chi connectivity index (χ0) is 10.7. The highest BCUT2D eigenvalue weighted by Crippen LogP contribution is 2.27. The fourth-order valence-corrected chi connectivity index (χ4v) is 2.94. The summed E-state index contributed by atoms with van der Waals surface area (Å²) >= 11 is 0. The second-order valence-electron chi connectivity index (χ2n) is 4.84. The zero-order valence-corrected chi connectivity index (χ0v) is 9.69. The smallest absolute Gasteiger partial charge is 0.0702 e. The average Bonchev–Trinajstić information content (AvgIpc) is 2.66. The van der Waals surface area contributed by atoms with E-state index in [0.29, 0.717) is 12.1 Å². The molecule has 1 aliphatic heterocycles. The molecule has 0 aromatic carbocycles. The molecule has 3 heteroatoms. The lowest BCUT2D eigenvalue weighted by molar-refractivity contribution is -0.00801. The van der Waals surface area contributed by atoms with Gasteiger partial charge in [-0.3, -0.25) is 4.90 Å². The number of rotatable bonds is 3. The first-order chi connectivity index (χ1) is 7.29. The molecule has 15 heavy (non-hydrogen) atoms. The van der Waals surface area contributed by atoms with Gasteiger partial charge in [-0.25, -0.2) is 0 Å². The third-order valence-corrected chi connectivity index (χ3v) is 3.71. The van der Waals surface area contributed by atoms with Crippen LogP contribution in [0.3, 0.4) is 0 Å². The lowest BCUT2D eigenvalue weighted by atomic mass is 10.0. The van der Waals surface area contributed by atoms with E-state index in [9.17, 15) is 5.11 Å². The Labute approximate surface area is 92.4 Å². The maximum atomic E-state index is 9.54. The highest BCUT2D eigenvalue weighted by molar-refractivity contribution is 4.86. The van der Waals surface area contributed by atoms with Crippen LogP contribution >= 0.6 is 0 Å². The van der Waals surface area contributed by atoms with Crippen molar-refractivity contribution in [2.45, 2.75) is 57.3 Å². The normalized spacial score (nSPS) is 38.4. The van der Waals surface area contributed by atoms with E-state index in [1.165, 1.54) is 25.8 Å². The van der Waals surface area contributed by atoms with Gasteiger partial charge in [0.05, 0.1) is 12.2 Å². The Morgan fingerprint density at radius 1 is 1.33 bits per heavy atom. The number of hydrogen-bond acceptors (Lipinski definition) is 3. The maximum absolute atomic E-state index is 9.54. The molecule has 3 nitrogen and oxygen atoms in total. The maximum Gasteiger partial charge on any atom is 0.0702 e. The molecule has 2 aliphatic rings. The van der Waals surface area contributed by atoms with Crippen molar-refractivity contribution < 1.29 is 9.84 Å². The molecule has 3 unspecified atom stereocenters. The van der Waals surface area contributed by atoms with Gasteiger partial charge < -0.3 is 9.84 Å². The van der Waals surface area contributed by atoms with Gasteiger partial charge in [0.15, 0.2) is 0 Å². The number of aliphatic hydroxyl groups is 1. The van der Waals surface area contributed by atoms with Crippen molar-refractivity contribution in [1.29, 1.82) is 0 Å². The molecule has 3 atom stereocenters. The lowest BCUT2D eigenvalue weighted by Gasteiger charge is -2.36. The Morgan fingerprint density at radius 2 is 2.20 bits per heavy atom. The van der Waals surface area contributed by atoms with Gasteiger partial charge in [-0.1, -0.05) is 0 Å². The second kappa shape index (κ2) is 5.28. The van der Waals surface area contributed by atoms with Gasteiger partial charge in [0.25, 0.3) is 0 Å². The van der Waals surface area contributed by atoms with Crippen molar-refractivity contribution in [2.24, 2.45) is 0 Å². The Hall–Kier alpha value is -0.120. The topological polar surface area (TPSA) is 32.7 Å². The van der Waals surface area contributed by atoms with Crippen LogP contribution in [0, 0.1) is 0 Å². The van der Waals surface area contributed by atoms with Gasteiger partial charge in [-0.2, -0.15) is 0 Å². The highest BCUT2D eigenvalue weighted by atomic mass is 16.5. The summed E-state index contributed by atoms with van der Waals surface area (Å²) in [6, 6.07) is 0.614. The number of likely N-dealkylation sites (tertiary alicyclic amines) is 1. The van der Waals surface area contributed by atoms with E-state index in [1.807, 2.05) is 0 Å². The van der Waals surface area contributed by atoms with Crippen LogP contribution in [0.25, 0.3) is 0 Å². The van der Waals surface area contributed by atoms with Crippen molar-refractivity contribution >= 4 is 0 Å². The Bertz CT molecular complexity index is 196. The summed E-state index contributed by atoms with van der Waals surface area (Å²) in [7, 11) is 0. The van der Waals surface area contributed by atoms with E-state index in [1.54, 1.807) is 0 Å². The molecule has 0 bridgehead atoms. The van der Waals surface area contributed by atoms with Crippen LogP contribution in [-0.2, 0) is 4.74 Å². The molecule has 0 amide bonds. The number of ether oxygens (including phenoxy) is 1. The molecular weight excluding hydrogens is 190 g/mol. The summed E-state index contributed by atoms with van der Waals surface area (Å²) in [4.78, 5) is 2.53. The number of aliphatic hydroxyl groups excluding tert-OH is 1. The van der Waals surface area contributed by atoms with Gasteiger partial charge >= 0.3 is 0 Å². The molecule has 1 saturated carbocycles. The van der Waals surface area contributed by atoms with Gasteiger partial charge in [0.1, 0.15) is 0 Å². The van der Waals surface area contributed by atoms with Crippen LogP contribution in [-0.4, -0.2) is 48.0 Å². The molecule has 0 spiro atoms. The van der Waals surface area contributed by atoms with E-state index in [4.69, 9.17) is 4.74 Å². The molecule has 2 rings (SSSR count). The molecule has 2 fully saturated rings. The van der Waals surface area contributed by atoms with Crippen LogP contribution in [0.1, 0.15) is 39.0 Å². The first kappa shape index (κ1) is 11.4. The summed E-state index contributed by atoms with van der Waals surface area (Å²) in [5, 5.41) is 9.54. The van der Waals surface area contributed by atoms with E-state index < -0.39 is 0 Å². The fraction of sp³-hybridized carbons (Fsp3) is 1.00. The molecule has 1 aliphatic carbocycles. The van der Waals surface area contributed by atoms with Crippen LogP contribution in [0.15, 0.2) is 0 Å². The highest BCUT2D eigenvalue weighted by Gasteiger charge is 2.31. The quantitative estimate of drug-likeness (QED) is 0.769. The van der Waals surface area contributed by atoms with E-state index in [2.05, 4.69) is 11.8 Å². The molecule has 88 valence electrons. The average molecular weight is 213 g/mol. The monoisotopic (exact) mass is 213 g/mol. The molecule has 1 N–H and O–H groups in total. The summed E-state index contributed by atoms with van der Waals surface area (Å²) in [5.74, 6) is 0.